The van der Waals surface area contributed by atoms with E-state index in [2.05, 4.69) is 0 Å². The van der Waals surface area contributed by atoms with Crippen molar-refractivity contribution in [2.24, 2.45) is 0 Å². The Bertz CT molecular complexity index is 890. The molecule has 1 heterocycles. The van der Waals surface area contributed by atoms with E-state index in [-0.39, 0.29) is 40.8 Å². The molecule has 3 rings (SSSR count). The maximum atomic E-state index is 12.9. The second-order valence-electron chi connectivity index (χ2n) is 7.03. The van der Waals surface area contributed by atoms with Crippen molar-refractivity contribution in [1.29, 1.82) is 0 Å². The number of ketones is 1. The van der Waals surface area contributed by atoms with Gasteiger partial charge in [0.1, 0.15) is 34.7 Å². The van der Waals surface area contributed by atoms with Crippen molar-refractivity contribution >= 4 is 11.9 Å². The molecule has 0 aromatic heterocycles. The van der Waals surface area contributed by atoms with Crippen molar-refractivity contribution in [1.82, 2.24) is 0 Å². The smallest absolute Gasteiger partial charge is 0.193 e. The van der Waals surface area contributed by atoms with Crippen LogP contribution in [0.1, 0.15) is 35.3 Å². The molecule has 2 aromatic carbocycles. The first-order valence-electron chi connectivity index (χ1n) is 8.54. The Labute approximate surface area is 157 Å². The zero-order valence-electron chi connectivity index (χ0n) is 15.4. The number of hydrogen-bond acceptors (Lipinski definition) is 6. The Kier molecular flexibility index (Phi) is 4.85. The molecular weight excluding hydrogens is 348 g/mol. The summed E-state index contributed by atoms with van der Waals surface area (Å²) in [5.41, 5.74) is 0.281. The first-order chi connectivity index (χ1) is 12.7. The van der Waals surface area contributed by atoms with Gasteiger partial charge in [0.2, 0.25) is 0 Å². The van der Waals surface area contributed by atoms with E-state index < -0.39 is 11.7 Å². The Hall–Kier alpha value is -2.99. The third-order valence-corrected chi connectivity index (χ3v) is 4.55. The van der Waals surface area contributed by atoms with Gasteiger partial charge in [-0.15, -0.1) is 0 Å². The van der Waals surface area contributed by atoms with Crippen LogP contribution in [-0.2, 0) is 6.42 Å². The van der Waals surface area contributed by atoms with Gasteiger partial charge >= 0.3 is 0 Å². The second-order valence-corrected chi connectivity index (χ2v) is 7.03. The number of aromatic hydroxyl groups is 2. The number of ether oxygens (including phenoxy) is 2. The van der Waals surface area contributed by atoms with Crippen molar-refractivity contribution in [3.05, 3.63) is 53.1 Å². The molecule has 0 fully saturated rings. The molecule has 3 N–H and O–H groups in total. The molecule has 1 aliphatic heterocycles. The van der Waals surface area contributed by atoms with Gasteiger partial charge in [-0.25, -0.2) is 0 Å². The molecule has 0 aliphatic carbocycles. The number of hydrogen-bond donors (Lipinski definition) is 3. The molecule has 1 unspecified atom stereocenters. The van der Waals surface area contributed by atoms with E-state index in [1.165, 1.54) is 31.4 Å². The Morgan fingerprint density at radius 1 is 1.26 bits per heavy atom. The highest BCUT2D eigenvalue weighted by Gasteiger charge is 2.39. The molecule has 0 radical (unpaired) electrons. The normalized spacial score (nSPS) is 16.2. The molecule has 6 nitrogen and oxygen atoms in total. The summed E-state index contributed by atoms with van der Waals surface area (Å²) < 4.78 is 11.1. The van der Waals surface area contributed by atoms with Gasteiger partial charge in [-0.2, -0.15) is 0 Å². The zero-order chi connectivity index (χ0) is 19.8. The van der Waals surface area contributed by atoms with Crippen LogP contribution in [0.4, 0.5) is 0 Å². The van der Waals surface area contributed by atoms with Crippen molar-refractivity contribution < 1.29 is 29.6 Å². The van der Waals surface area contributed by atoms with Gasteiger partial charge in [0, 0.05) is 18.1 Å². The van der Waals surface area contributed by atoms with Gasteiger partial charge in [-0.05, 0) is 37.6 Å². The van der Waals surface area contributed by atoms with E-state index in [1.54, 1.807) is 32.1 Å². The number of fused-ring (bicyclic) bond motifs is 1. The molecule has 0 bridgehead atoms. The van der Waals surface area contributed by atoms with E-state index in [4.69, 9.17) is 9.47 Å². The molecule has 0 spiro atoms. The van der Waals surface area contributed by atoms with Crippen LogP contribution in [0.15, 0.2) is 36.4 Å². The predicted octanol–water partition coefficient (Wildman–Crippen LogP) is 3.08. The van der Waals surface area contributed by atoms with E-state index >= 15 is 0 Å². The Morgan fingerprint density at radius 2 is 1.93 bits per heavy atom. The molecule has 27 heavy (non-hydrogen) atoms. The Balaban J connectivity index is 1.99. The van der Waals surface area contributed by atoms with Crippen LogP contribution in [0.5, 0.6) is 23.0 Å². The number of aliphatic hydroxyl groups is 1. The molecule has 1 aliphatic rings. The fourth-order valence-corrected chi connectivity index (χ4v) is 2.99. The SMILES string of the molecule is COc1cc(O)c2c(c1C(=O)/C=C/c1ccc(O)cc1)OC(C(C)(C)O)C2. The average molecular weight is 370 g/mol. The molecule has 142 valence electrons. The zero-order valence-corrected chi connectivity index (χ0v) is 15.4. The van der Waals surface area contributed by atoms with E-state index in [9.17, 15) is 20.1 Å². The summed E-state index contributed by atoms with van der Waals surface area (Å²) in [5.74, 6) is 0.185. The number of phenolic OH excluding ortho intramolecular Hbond substituents is 2. The summed E-state index contributed by atoms with van der Waals surface area (Å²) in [6.07, 6.45) is 2.69. The van der Waals surface area contributed by atoms with E-state index in [0.29, 0.717) is 5.56 Å². The Morgan fingerprint density at radius 3 is 2.52 bits per heavy atom. The lowest BCUT2D eigenvalue weighted by atomic mass is 9.95. The molecule has 0 amide bonds. The number of allylic oxidation sites excluding steroid dienone is 1. The number of benzene rings is 2. The van der Waals surface area contributed by atoms with Gasteiger partial charge in [0.15, 0.2) is 5.78 Å². The summed E-state index contributed by atoms with van der Waals surface area (Å²) in [7, 11) is 1.41. The third kappa shape index (κ3) is 3.75. The molecule has 2 aromatic rings. The van der Waals surface area contributed by atoms with Crippen molar-refractivity contribution in [3.63, 3.8) is 0 Å². The van der Waals surface area contributed by atoms with Gasteiger partial charge < -0.3 is 24.8 Å². The lowest BCUT2D eigenvalue weighted by Crippen LogP contribution is -2.39. The lowest BCUT2D eigenvalue weighted by Gasteiger charge is -2.24. The highest BCUT2D eigenvalue weighted by atomic mass is 16.5. The fraction of sp³-hybridized carbons (Fsp3) is 0.286. The topological polar surface area (TPSA) is 96.2 Å². The maximum absolute atomic E-state index is 12.9. The summed E-state index contributed by atoms with van der Waals surface area (Å²) in [5, 5.41) is 29.9. The van der Waals surface area contributed by atoms with Crippen LogP contribution >= 0.6 is 0 Å². The van der Waals surface area contributed by atoms with Gasteiger partial charge in [-0.1, -0.05) is 18.2 Å². The average Bonchev–Trinajstić information content (AvgIpc) is 3.07. The largest absolute Gasteiger partial charge is 0.508 e. The molecule has 0 saturated carbocycles. The van der Waals surface area contributed by atoms with Crippen LogP contribution in [0, 0.1) is 0 Å². The van der Waals surface area contributed by atoms with E-state index in [0.717, 1.165) is 5.56 Å². The lowest BCUT2D eigenvalue weighted by molar-refractivity contribution is -0.0232. The number of rotatable bonds is 5. The third-order valence-electron chi connectivity index (χ3n) is 4.55. The minimum Gasteiger partial charge on any atom is -0.508 e. The van der Waals surface area contributed by atoms with Crippen molar-refractivity contribution in [2.75, 3.05) is 7.11 Å². The number of phenols is 2. The first kappa shape index (κ1) is 18.8. The highest BCUT2D eigenvalue weighted by molar-refractivity contribution is 6.11. The minimum absolute atomic E-state index is 0.0346. The van der Waals surface area contributed by atoms with Crippen LogP contribution < -0.4 is 9.47 Å². The standard InChI is InChI=1S/C21H22O6/c1-21(2,25)18-10-14-16(24)11-17(26-3)19(20(14)27-18)15(23)9-6-12-4-7-13(22)8-5-12/h4-9,11,18,22,24-25H,10H2,1-3H3/b9-6+. The summed E-state index contributed by atoms with van der Waals surface area (Å²) in [6, 6.07) is 7.80. The first-order valence-corrected chi connectivity index (χ1v) is 8.54. The van der Waals surface area contributed by atoms with Crippen LogP contribution in [0.3, 0.4) is 0 Å². The van der Waals surface area contributed by atoms with Gasteiger partial charge in [0.25, 0.3) is 0 Å². The van der Waals surface area contributed by atoms with Gasteiger partial charge in [0.05, 0.1) is 12.7 Å². The minimum atomic E-state index is -1.14. The molecule has 1 atom stereocenters. The summed E-state index contributed by atoms with van der Waals surface area (Å²) >= 11 is 0. The molecule has 0 saturated heterocycles. The number of carbonyl (C=O) groups is 1. The summed E-state index contributed by atoms with van der Waals surface area (Å²) in [6.45, 7) is 3.23. The van der Waals surface area contributed by atoms with Crippen LogP contribution in [0.25, 0.3) is 6.08 Å². The molecule has 6 heteroatoms. The van der Waals surface area contributed by atoms with Crippen molar-refractivity contribution in [3.8, 4) is 23.0 Å². The number of methoxy groups -OCH3 is 1. The fourth-order valence-electron chi connectivity index (χ4n) is 2.99. The van der Waals surface area contributed by atoms with Crippen LogP contribution in [-0.4, -0.2) is 39.9 Å². The predicted molar refractivity (Wildman–Crippen MR) is 101 cm³/mol. The maximum Gasteiger partial charge on any atom is 0.193 e. The van der Waals surface area contributed by atoms with Crippen molar-refractivity contribution in [2.45, 2.75) is 32.0 Å². The summed E-state index contributed by atoms with van der Waals surface area (Å²) in [4.78, 5) is 12.9. The van der Waals surface area contributed by atoms with Gasteiger partial charge in [-0.3, -0.25) is 4.79 Å². The number of carbonyl (C=O) groups excluding carboxylic acids is 1. The quantitative estimate of drug-likeness (QED) is 0.553. The molecular formula is C21H22O6. The highest BCUT2D eigenvalue weighted by Crippen LogP contribution is 2.45. The van der Waals surface area contributed by atoms with E-state index in [1.807, 2.05) is 0 Å². The van der Waals surface area contributed by atoms with Crippen LogP contribution in [0.2, 0.25) is 0 Å². The monoisotopic (exact) mass is 370 g/mol. The second kappa shape index (κ2) is 6.96.